The van der Waals surface area contributed by atoms with Crippen molar-refractivity contribution in [3.63, 3.8) is 0 Å². The van der Waals surface area contributed by atoms with Gasteiger partial charge in [0.05, 0.1) is 30.6 Å². The van der Waals surface area contributed by atoms with Gasteiger partial charge in [-0.1, -0.05) is 54.9 Å². The Morgan fingerprint density at radius 2 is 1.82 bits per heavy atom. The van der Waals surface area contributed by atoms with Gasteiger partial charge in [-0.3, -0.25) is 9.10 Å². The monoisotopic (exact) mass is 490 g/mol. The predicted octanol–water partition coefficient (Wildman–Crippen LogP) is 4.24. The molecule has 1 amide bonds. The van der Waals surface area contributed by atoms with Crippen LogP contribution in [-0.2, 0) is 14.8 Å². The van der Waals surface area contributed by atoms with E-state index in [2.05, 4.69) is 5.32 Å². The number of hydrogen-bond donors (Lipinski definition) is 1. The molecule has 0 aliphatic rings. The Kier molecular flexibility index (Phi) is 8.05. The summed E-state index contributed by atoms with van der Waals surface area (Å²) >= 11 is 6.19. The molecule has 0 fully saturated rings. The highest BCUT2D eigenvalue weighted by molar-refractivity contribution is 7.92. The number of carbonyl (C=O) groups excluding carboxylic acids is 1. The molecule has 0 saturated heterocycles. The zero-order chi connectivity index (χ0) is 24.0. The lowest BCUT2D eigenvalue weighted by molar-refractivity contribution is -0.122. The van der Waals surface area contributed by atoms with Crippen molar-refractivity contribution in [2.75, 3.05) is 30.8 Å². The standard InChI is InChI=1S/C24H27ClN2O5S/c1-4-21(27(33(3,29)30)18-12-13-23(31-2)20(25)16-18)24(28)26-14-15-32-22-11-7-9-17-8-5-6-10-19(17)22/h5-13,16,21H,4,14-15H2,1-3H3,(H,26,28)/t21-/m1/s1. The summed E-state index contributed by atoms with van der Waals surface area (Å²) in [5.41, 5.74) is 0.289. The highest BCUT2D eigenvalue weighted by Gasteiger charge is 2.31. The van der Waals surface area contributed by atoms with Gasteiger partial charge in [0.1, 0.15) is 24.1 Å². The van der Waals surface area contributed by atoms with E-state index in [1.807, 2.05) is 42.5 Å². The van der Waals surface area contributed by atoms with Gasteiger partial charge in [0.2, 0.25) is 15.9 Å². The third-order valence-electron chi connectivity index (χ3n) is 5.13. The maximum atomic E-state index is 12.9. The summed E-state index contributed by atoms with van der Waals surface area (Å²) in [7, 11) is -2.30. The Balaban J connectivity index is 1.70. The van der Waals surface area contributed by atoms with Gasteiger partial charge in [0.15, 0.2) is 0 Å². The highest BCUT2D eigenvalue weighted by Crippen LogP contribution is 2.32. The number of halogens is 1. The molecule has 0 saturated carbocycles. The zero-order valence-electron chi connectivity index (χ0n) is 18.7. The normalized spacial score (nSPS) is 12.2. The van der Waals surface area contributed by atoms with Crippen LogP contribution in [0.5, 0.6) is 11.5 Å². The number of benzene rings is 3. The first-order valence-electron chi connectivity index (χ1n) is 10.5. The number of amides is 1. The topological polar surface area (TPSA) is 84.9 Å². The lowest BCUT2D eigenvalue weighted by atomic mass is 10.1. The number of ether oxygens (including phenoxy) is 2. The van der Waals surface area contributed by atoms with Crippen molar-refractivity contribution in [3.05, 3.63) is 65.7 Å². The first-order chi connectivity index (χ1) is 15.8. The fourth-order valence-corrected chi connectivity index (χ4v) is 5.08. The molecule has 0 heterocycles. The minimum atomic E-state index is -3.77. The number of methoxy groups -OCH3 is 1. The van der Waals surface area contributed by atoms with Crippen LogP contribution in [0.15, 0.2) is 60.7 Å². The molecule has 0 aliphatic heterocycles. The van der Waals surface area contributed by atoms with Crippen molar-refractivity contribution in [3.8, 4) is 11.5 Å². The molecular formula is C24H27ClN2O5S. The lowest BCUT2D eigenvalue weighted by Gasteiger charge is -2.30. The molecule has 0 spiro atoms. The van der Waals surface area contributed by atoms with E-state index in [0.717, 1.165) is 27.1 Å². The van der Waals surface area contributed by atoms with Crippen LogP contribution in [0, 0.1) is 0 Å². The summed E-state index contributed by atoms with van der Waals surface area (Å²) in [6.45, 7) is 2.21. The lowest BCUT2D eigenvalue weighted by Crippen LogP contribution is -2.50. The van der Waals surface area contributed by atoms with E-state index < -0.39 is 22.0 Å². The second-order valence-electron chi connectivity index (χ2n) is 7.42. The maximum Gasteiger partial charge on any atom is 0.244 e. The van der Waals surface area contributed by atoms with Gasteiger partial charge >= 0.3 is 0 Å². The van der Waals surface area contributed by atoms with Crippen molar-refractivity contribution < 1.29 is 22.7 Å². The van der Waals surface area contributed by atoms with E-state index in [1.165, 1.54) is 13.2 Å². The SMILES string of the molecule is CC[C@H](C(=O)NCCOc1cccc2ccccc12)N(c1ccc(OC)c(Cl)c1)S(C)(=O)=O. The van der Waals surface area contributed by atoms with Crippen molar-refractivity contribution in [2.45, 2.75) is 19.4 Å². The minimum absolute atomic E-state index is 0.222. The van der Waals surface area contributed by atoms with Crippen LogP contribution in [-0.4, -0.2) is 46.9 Å². The Hall–Kier alpha value is -2.97. The van der Waals surface area contributed by atoms with Gasteiger partial charge in [0, 0.05) is 5.39 Å². The number of fused-ring (bicyclic) bond motifs is 1. The van der Waals surface area contributed by atoms with Crippen LogP contribution in [0.1, 0.15) is 13.3 Å². The average molecular weight is 491 g/mol. The van der Waals surface area contributed by atoms with E-state index in [1.54, 1.807) is 19.1 Å². The molecule has 3 aromatic carbocycles. The number of anilines is 1. The largest absolute Gasteiger partial charge is 0.495 e. The van der Waals surface area contributed by atoms with Crippen molar-refractivity contribution in [1.82, 2.24) is 5.32 Å². The van der Waals surface area contributed by atoms with Crippen LogP contribution in [0.4, 0.5) is 5.69 Å². The summed E-state index contributed by atoms with van der Waals surface area (Å²) in [4.78, 5) is 12.9. The van der Waals surface area contributed by atoms with Gasteiger partial charge in [0.25, 0.3) is 0 Å². The number of hydrogen-bond acceptors (Lipinski definition) is 5. The fraction of sp³-hybridized carbons (Fsp3) is 0.292. The number of rotatable bonds is 10. The summed E-state index contributed by atoms with van der Waals surface area (Å²) in [6, 6.07) is 17.3. The summed E-state index contributed by atoms with van der Waals surface area (Å²) in [5, 5.41) is 5.08. The summed E-state index contributed by atoms with van der Waals surface area (Å²) in [5.74, 6) is 0.716. The highest BCUT2D eigenvalue weighted by atomic mass is 35.5. The first kappa shape index (κ1) is 24.7. The number of sulfonamides is 1. The molecule has 0 radical (unpaired) electrons. The third kappa shape index (κ3) is 5.89. The fourth-order valence-electron chi connectivity index (χ4n) is 3.63. The Labute approximate surface area is 199 Å². The minimum Gasteiger partial charge on any atom is -0.495 e. The van der Waals surface area contributed by atoms with Gasteiger partial charge < -0.3 is 14.8 Å². The molecule has 3 aromatic rings. The molecule has 176 valence electrons. The van der Waals surface area contributed by atoms with E-state index in [0.29, 0.717) is 5.75 Å². The first-order valence-corrected chi connectivity index (χ1v) is 12.7. The van der Waals surface area contributed by atoms with Gasteiger partial charge in [-0.2, -0.15) is 0 Å². The molecule has 9 heteroatoms. The molecule has 33 heavy (non-hydrogen) atoms. The number of carbonyl (C=O) groups is 1. The second-order valence-corrected chi connectivity index (χ2v) is 9.69. The summed E-state index contributed by atoms with van der Waals surface area (Å²) in [6.07, 6.45) is 1.33. The Morgan fingerprint density at radius 1 is 1.09 bits per heavy atom. The summed E-state index contributed by atoms with van der Waals surface area (Å²) < 4.78 is 37.3. The number of nitrogens with one attached hydrogen (secondary N) is 1. The molecule has 1 atom stereocenters. The molecular weight excluding hydrogens is 464 g/mol. The van der Waals surface area contributed by atoms with Crippen LogP contribution in [0.3, 0.4) is 0 Å². The number of nitrogens with zero attached hydrogens (tertiary/aromatic N) is 1. The van der Waals surface area contributed by atoms with Crippen molar-refractivity contribution in [1.29, 1.82) is 0 Å². The molecule has 0 aliphatic carbocycles. The Bertz CT molecular complexity index is 1230. The smallest absolute Gasteiger partial charge is 0.244 e. The molecule has 0 aromatic heterocycles. The molecule has 0 unspecified atom stereocenters. The molecule has 7 nitrogen and oxygen atoms in total. The average Bonchev–Trinajstić information content (AvgIpc) is 2.79. The van der Waals surface area contributed by atoms with E-state index in [4.69, 9.17) is 21.1 Å². The van der Waals surface area contributed by atoms with Crippen LogP contribution < -0.4 is 19.1 Å². The van der Waals surface area contributed by atoms with E-state index in [9.17, 15) is 13.2 Å². The molecule has 0 bridgehead atoms. The zero-order valence-corrected chi connectivity index (χ0v) is 20.3. The van der Waals surface area contributed by atoms with Crippen LogP contribution >= 0.6 is 11.6 Å². The third-order valence-corrected chi connectivity index (χ3v) is 6.60. The van der Waals surface area contributed by atoms with Crippen LogP contribution in [0.25, 0.3) is 10.8 Å². The van der Waals surface area contributed by atoms with Crippen molar-refractivity contribution in [2.24, 2.45) is 0 Å². The molecule has 1 N–H and O–H groups in total. The van der Waals surface area contributed by atoms with E-state index >= 15 is 0 Å². The maximum absolute atomic E-state index is 12.9. The van der Waals surface area contributed by atoms with Gasteiger partial charge in [-0.25, -0.2) is 8.42 Å². The second kappa shape index (κ2) is 10.8. The van der Waals surface area contributed by atoms with Crippen molar-refractivity contribution >= 4 is 44.0 Å². The van der Waals surface area contributed by atoms with Gasteiger partial charge in [-0.15, -0.1) is 0 Å². The van der Waals surface area contributed by atoms with Gasteiger partial charge in [-0.05, 0) is 36.1 Å². The Morgan fingerprint density at radius 3 is 2.48 bits per heavy atom. The quantitative estimate of drug-likeness (QED) is 0.430. The predicted molar refractivity (Wildman–Crippen MR) is 132 cm³/mol. The van der Waals surface area contributed by atoms with E-state index in [-0.39, 0.29) is 30.3 Å². The molecule has 3 rings (SSSR count). The van der Waals surface area contributed by atoms with Crippen LogP contribution in [0.2, 0.25) is 5.02 Å².